The summed E-state index contributed by atoms with van der Waals surface area (Å²) in [6.07, 6.45) is 3.50. The second kappa shape index (κ2) is 6.14. The van der Waals surface area contributed by atoms with Crippen LogP contribution in [-0.4, -0.2) is 28.1 Å². The molecule has 5 heteroatoms. The average Bonchev–Trinajstić information content (AvgIpc) is 2.97. The van der Waals surface area contributed by atoms with Gasteiger partial charge in [0.05, 0.1) is 24.1 Å². The molecule has 0 radical (unpaired) electrons. The molecule has 1 heterocycles. The van der Waals surface area contributed by atoms with Crippen molar-refractivity contribution in [3.05, 3.63) is 47.8 Å². The quantitative estimate of drug-likeness (QED) is 0.620. The van der Waals surface area contributed by atoms with Crippen molar-refractivity contribution >= 4 is 11.8 Å². The molecule has 0 saturated carbocycles. The largest absolute Gasteiger partial charge is 0.462 e. The van der Waals surface area contributed by atoms with Crippen molar-refractivity contribution in [2.75, 3.05) is 6.61 Å². The summed E-state index contributed by atoms with van der Waals surface area (Å²) < 4.78 is 6.46. The predicted octanol–water partition coefficient (Wildman–Crippen LogP) is 2.64. The number of benzene rings is 1. The molecule has 0 fully saturated rings. The van der Waals surface area contributed by atoms with Gasteiger partial charge in [-0.3, -0.25) is 4.79 Å². The van der Waals surface area contributed by atoms with Crippen LogP contribution in [-0.2, 0) is 4.74 Å². The van der Waals surface area contributed by atoms with E-state index in [1.54, 1.807) is 36.0 Å². The zero-order valence-corrected chi connectivity index (χ0v) is 11.5. The number of hydrogen-bond donors (Lipinski definition) is 0. The van der Waals surface area contributed by atoms with E-state index in [2.05, 4.69) is 5.10 Å². The van der Waals surface area contributed by atoms with Gasteiger partial charge in [-0.1, -0.05) is 19.1 Å². The van der Waals surface area contributed by atoms with Crippen LogP contribution in [0.5, 0.6) is 0 Å². The first-order valence-corrected chi connectivity index (χ1v) is 6.51. The number of ether oxygens (including phenoxy) is 1. The van der Waals surface area contributed by atoms with Crippen LogP contribution in [0.1, 0.15) is 41.0 Å². The summed E-state index contributed by atoms with van der Waals surface area (Å²) in [6, 6.07) is 7.15. The van der Waals surface area contributed by atoms with E-state index in [9.17, 15) is 9.59 Å². The fraction of sp³-hybridized carbons (Fsp3) is 0.267. The van der Waals surface area contributed by atoms with Crippen LogP contribution >= 0.6 is 0 Å². The predicted molar refractivity (Wildman–Crippen MR) is 74.1 cm³/mol. The van der Waals surface area contributed by atoms with Crippen molar-refractivity contribution in [1.29, 1.82) is 0 Å². The number of Topliss-reactive ketones (excluding diaryl/α,β-unsaturated/α-hetero) is 1. The van der Waals surface area contributed by atoms with Gasteiger partial charge in [-0.05, 0) is 19.1 Å². The lowest BCUT2D eigenvalue weighted by molar-refractivity contribution is 0.0526. The highest BCUT2D eigenvalue weighted by Gasteiger charge is 2.11. The molecular weight excluding hydrogens is 256 g/mol. The van der Waals surface area contributed by atoms with Crippen LogP contribution in [0.15, 0.2) is 36.7 Å². The molecule has 1 aromatic heterocycles. The molecule has 0 saturated heterocycles. The summed E-state index contributed by atoms with van der Waals surface area (Å²) in [4.78, 5) is 23.3. The second-order valence-electron chi connectivity index (χ2n) is 4.22. The van der Waals surface area contributed by atoms with E-state index in [4.69, 9.17) is 4.74 Å². The number of nitrogens with zero attached hydrogens (tertiary/aromatic N) is 2. The molecule has 104 valence electrons. The fourth-order valence-electron chi connectivity index (χ4n) is 1.81. The average molecular weight is 272 g/mol. The van der Waals surface area contributed by atoms with Gasteiger partial charge in [0, 0.05) is 18.2 Å². The lowest BCUT2D eigenvalue weighted by Crippen LogP contribution is -2.03. The molecule has 2 aromatic rings. The summed E-state index contributed by atoms with van der Waals surface area (Å²) >= 11 is 0. The molecule has 0 atom stereocenters. The molecule has 0 aliphatic heterocycles. The van der Waals surface area contributed by atoms with Crippen molar-refractivity contribution in [1.82, 2.24) is 9.78 Å². The highest BCUT2D eigenvalue weighted by atomic mass is 16.5. The van der Waals surface area contributed by atoms with Crippen molar-refractivity contribution in [2.45, 2.75) is 20.3 Å². The molecule has 0 bridgehead atoms. The molecule has 1 aromatic carbocycles. The second-order valence-corrected chi connectivity index (χ2v) is 4.22. The van der Waals surface area contributed by atoms with E-state index >= 15 is 0 Å². The molecule has 2 rings (SSSR count). The van der Waals surface area contributed by atoms with Crippen LogP contribution < -0.4 is 0 Å². The third kappa shape index (κ3) is 2.93. The lowest BCUT2D eigenvalue weighted by atomic mass is 10.1. The van der Waals surface area contributed by atoms with Crippen molar-refractivity contribution in [3.8, 4) is 5.69 Å². The maximum atomic E-state index is 11.7. The minimum absolute atomic E-state index is 0.0737. The van der Waals surface area contributed by atoms with Gasteiger partial charge in [-0.25, -0.2) is 9.48 Å². The Morgan fingerprint density at radius 1 is 1.25 bits per heavy atom. The molecule has 0 spiro atoms. The highest BCUT2D eigenvalue weighted by molar-refractivity contribution is 5.96. The normalized spacial score (nSPS) is 10.3. The third-order valence-electron chi connectivity index (χ3n) is 2.85. The van der Waals surface area contributed by atoms with Gasteiger partial charge in [0.15, 0.2) is 5.78 Å². The maximum absolute atomic E-state index is 11.7. The smallest absolute Gasteiger partial charge is 0.341 e. The first kappa shape index (κ1) is 14.0. The van der Waals surface area contributed by atoms with Gasteiger partial charge in [0.2, 0.25) is 0 Å². The molecule has 0 N–H and O–H groups in total. The topological polar surface area (TPSA) is 61.2 Å². The van der Waals surface area contributed by atoms with E-state index < -0.39 is 5.97 Å². The van der Waals surface area contributed by atoms with Gasteiger partial charge in [-0.2, -0.15) is 5.10 Å². The van der Waals surface area contributed by atoms with Crippen molar-refractivity contribution in [2.24, 2.45) is 0 Å². The standard InChI is InChI=1S/C15H16N2O3/c1-3-14(18)11-6-5-7-13(8-11)17-10-12(9-16-17)15(19)20-4-2/h5-10H,3-4H2,1-2H3. The Morgan fingerprint density at radius 3 is 2.75 bits per heavy atom. The van der Waals surface area contributed by atoms with E-state index in [0.717, 1.165) is 5.69 Å². The molecule has 0 aliphatic carbocycles. The minimum atomic E-state index is -0.403. The highest BCUT2D eigenvalue weighted by Crippen LogP contribution is 2.13. The summed E-state index contributed by atoms with van der Waals surface area (Å²) in [5.41, 5.74) is 1.76. The Morgan fingerprint density at radius 2 is 2.05 bits per heavy atom. The van der Waals surface area contributed by atoms with Crippen LogP contribution in [0.25, 0.3) is 5.69 Å². The maximum Gasteiger partial charge on any atom is 0.341 e. The third-order valence-corrected chi connectivity index (χ3v) is 2.85. The van der Waals surface area contributed by atoms with Gasteiger partial charge in [-0.15, -0.1) is 0 Å². The first-order valence-electron chi connectivity index (χ1n) is 6.51. The zero-order valence-electron chi connectivity index (χ0n) is 11.5. The summed E-state index contributed by atoms with van der Waals surface area (Å²) in [7, 11) is 0. The fourth-order valence-corrected chi connectivity index (χ4v) is 1.81. The zero-order chi connectivity index (χ0) is 14.5. The molecular formula is C15H16N2O3. The minimum Gasteiger partial charge on any atom is -0.462 e. The number of carbonyl (C=O) groups is 2. The number of esters is 1. The van der Waals surface area contributed by atoms with Crippen molar-refractivity contribution in [3.63, 3.8) is 0 Å². The lowest BCUT2D eigenvalue weighted by Gasteiger charge is -2.03. The first-order chi connectivity index (χ1) is 9.65. The Hall–Kier alpha value is -2.43. The Kier molecular flexibility index (Phi) is 4.30. The number of carbonyl (C=O) groups excluding carboxylic acids is 2. The summed E-state index contributed by atoms with van der Waals surface area (Å²) in [5, 5.41) is 4.12. The van der Waals surface area contributed by atoms with E-state index in [-0.39, 0.29) is 5.78 Å². The van der Waals surface area contributed by atoms with Crippen molar-refractivity contribution < 1.29 is 14.3 Å². The molecule has 0 amide bonds. The number of ketones is 1. The summed E-state index contributed by atoms with van der Waals surface area (Å²) in [5.74, 6) is -0.329. The summed E-state index contributed by atoms with van der Waals surface area (Å²) in [6.45, 7) is 3.90. The number of aromatic nitrogens is 2. The van der Waals surface area contributed by atoms with E-state index in [1.165, 1.54) is 6.20 Å². The number of hydrogen-bond acceptors (Lipinski definition) is 4. The molecule has 20 heavy (non-hydrogen) atoms. The van der Waals surface area contributed by atoms with Gasteiger partial charge < -0.3 is 4.74 Å². The molecule has 0 unspecified atom stereocenters. The van der Waals surface area contributed by atoms with Crippen LogP contribution in [0.4, 0.5) is 0 Å². The van der Waals surface area contributed by atoms with Crippen LogP contribution in [0.2, 0.25) is 0 Å². The molecule has 5 nitrogen and oxygen atoms in total. The Balaban J connectivity index is 2.28. The monoisotopic (exact) mass is 272 g/mol. The molecule has 0 aliphatic rings. The van der Waals surface area contributed by atoms with E-state index in [1.807, 2.05) is 13.0 Å². The Labute approximate surface area is 117 Å². The van der Waals surface area contributed by atoms with Gasteiger partial charge in [0.25, 0.3) is 0 Å². The number of rotatable bonds is 5. The Bertz CT molecular complexity index is 632. The SMILES string of the molecule is CCOC(=O)c1cnn(-c2cccc(C(=O)CC)c2)c1. The van der Waals surface area contributed by atoms with Crippen LogP contribution in [0, 0.1) is 0 Å². The van der Waals surface area contributed by atoms with E-state index in [0.29, 0.717) is 24.2 Å². The van der Waals surface area contributed by atoms with Crippen LogP contribution in [0.3, 0.4) is 0 Å². The van der Waals surface area contributed by atoms with Gasteiger partial charge >= 0.3 is 5.97 Å². The van der Waals surface area contributed by atoms with Gasteiger partial charge in [0.1, 0.15) is 0 Å².